The quantitative estimate of drug-likeness (QED) is 0.781. The zero-order chi connectivity index (χ0) is 15.2. The molecule has 0 saturated heterocycles. The number of nitrogens with two attached hydrogens (primary N) is 2. The van der Waals surface area contributed by atoms with Gasteiger partial charge in [0.25, 0.3) is 0 Å². The molecule has 4 N–H and O–H groups in total. The topological polar surface area (TPSA) is 85.2 Å². The maximum Gasteiger partial charge on any atom is 0.231 e. The van der Waals surface area contributed by atoms with Crippen molar-refractivity contribution in [2.24, 2.45) is 5.73 Å². The van der Waals surface area contributed by atoms with Gasteiger partial charge in [0.15, 0.2) is 0 Å². The second kappa shape index (κ2) is 7.19. The molecule has 21 heavy (non-hydrogen) atoms. The number of hydrogen-bond acceptors (Lipinski definition) is 4. The van der Waals surface area contributed by atoms with Crippen LogP contribution in [0.15, 0.2) is 47.1 Å². The Morgan fingerprint density at radius 3 is 2.43 bits per heavy atom. The van der Waals surface area contributed by atoms with E-state index in [-0.39, 0.29) is 12.5 Å². The SMILES string of the molecule is NC(=O)CN(Cc1ccc(N)cc1)Cc1ccc(Br)cn1. The lowest BCUT2D eigenvalue weighted by Gasteiger charge is -2.20. The molecule has 0 aliphatic carbocycles. The summed E-state index contributed by atoms with van der Waals surface area (Å²) in [7, 11) is 0. The number of pyridine rings is 1. The lowest BCUT2D eigenvalue weighted by atomic mass is 10.2. The average Bonchev–Trinajstić information content (AvgIpc) is 2.43. The van der Waals surface area contributed by atoms with Crippen LogP contribution in [0.5, 0.6) is 0 Å². The number of carbonyl (C=O) groups is 1. The van der Waals surface area contributed by atoms with Gasteiger partial charge in [-0.2, -0.15) is 0 Å². The Morgan fingerprint density at radius 1 is 1.14 bits per heavy atom. The highest BCUT2D eigenvalue weighted by Gasteiger charge is 2.11. The minimum atomic E-state index is -0.359. The van der Waals surface area contributed by atoms with Gasteiger partial charge in [0.1, 0.15) is 0 Å². The Kier molecular flexibility index (Phi) is 5.30. The molecular formula is C15H17BrN4O. The lowest BCUT2D eigenvalue weighted by molar-refractivity contribution is -0.119. The minimum absolute atomic E-state index is 0.183. The molecule has 5 nitrogen and oxygen atoms in total. The van der Waals surface area contributed by atoms with Gasteiger partial charge in [0.05, 0.1) is 12.2 Å². The molecule has 1 heterocycles. The molecule has 1 aromatic heterocycles. The van der Waals surface area contributed by atoms with Crippen molar-refractivity contribution in [2.75, 3.05) is 12.3 Å². The van der Waals surface area contributed by atoms with Crippen molar-refractivity contribution in [1.82, 2.24) is 9.88 Å². The summed E-state index contributed by atoms with van der Waals surface area (Å²) in [6, 6.07) is 11.4. The van der Waals surface area contributed by atoms with Gasteiger partial charge in [-0.05, 0) is 45.8 Å². The predicted molar refractivity (Wildman–Crippen MR) is 86.1 cm³/mol. The first-order chi connectivity index (χ1) is 10.0. The smallest absolute Gasteiger partial charge is 0.231 e. The zero-order valence-electron chi connectivity index (χ0n) is 11.5. The Hall–Kier alpha value is -1.92. The number of aromatic nitrogens is 1. The highest BCUT2D eigenvalue weighted by Crippen LogP contribution is 2.12. The number of halogens is 1. The summed E-state index contributed by atoms with van der Waals surface area (Å²) in [6.45, 7) is 1.35. The van der Waals surface area contributed by atoms with Gasteiger partial charge in [-0.25, -0.2) is 0 Å². The van der Waals surface area contributed by atoms with E-state index in [2.05, 4.69) is 20.9 Å². The molecule has 0 bridgehead atoms. The Labute approximate surface area is 132 Å². The average molecular weight is 349 g/mol. The maximum absolute atomic E-state index is 11.2. The molecule has 2 rings (SSSR count). The van der Waals surface area contributed by atoms with E-state index in [9.17, 15) is 4.79 Å². The summed E-state index contributed by atoms with van der Waals surface area (Å²) >= 11 is 3.35. The van der Waals surface area contributed by atoms with Crippen molar-refractivity contribution >= 4 is 27.5 Å². The Balaban J connectivity index is 2.08. The van der Waals surface area contributed by atoms with E-state index in [1.54, 1.807) is 6.20 Å². The number of amides is 1. The molecule has 6 heteroatoms. The van der Waals surface area contributed by atoms with Crippen LogP contribution >= 0.6 is 15.9 Å². The van der Waals surface area contributed by atoms with Crippen LogP contribution in [0.1, 0.15) is 11.3 Å². The third-order valence-electron chi connectivity index (χ3n) is 2.94. The normalized spacial score (nSPS) is 10.8. The fraction of sp³-hybridized carbons (Fsp3) is 0.200. The highest BCUT2D eigenvalue weighted by molar-refractivity contribution is 9.10. The second-order valence-electron chi connectivity index (χ2n) is 4.82. The van der Waals surface area contributed by atoms with E-state index in [0.717, 1.165) is 21.4 Å². The van der Waals surface area contributed by atoms with E-state index in [1.807, 2.05) is 41.3 Å². The van der Waals surface area contributed by atoms with E-state index in [1.165, 1.54) is 0 Å². The molecule has 0 saturated carbocycles. The van der Waals surface area contributed by atoms with Crippen LogP contribution in [0.25, 0.3) is 0 Å². The molecule has 0 aliphatic rings. The molecule has 0 fully saturated rings. The highest BCUT2D eigenvalue weighted by atomic mass is 79.9. The summed E-state index contributed by atoms with van der Waals surface area (Å²) in [5.41, 5.74) is 13.7. The lowest BCUT2D eigenvalue weighted by Crippen LogP contribution is -2.33. The number of primary amides is 1. The van der Waals surface area contributed by atoms with Crippen LogP contribution in [0.4, 0.5) is 5.69 Å². The molecule has 110 valence electrons. The molecule has 0 unspecified atom stereocenters. The van der Waals surface area contributed by atoms with Gasteiger partial charge < -0.3 is 11.5 Å². The van der Waals surface area contributed by atoms with E-state index < -0.39 is 0 Å². The number of carbonyl (C=O) groups excluding carboxylic acids is 1. The van der Waals surface area contributed by atoms with Crippen molar-refractivity contribution in [1.29, 1.82) is 0 Å². The van der Waals surface area contributed by atoms with E-state index in [4.69, 9.17) is 11.5 Å². The Bertz CT molecular complexity index is 551. The summed E-state index contributed by atoms with van der Waals surface area (Å²) < 4.78 is 0.922. The summed E-state index contributed by atoms with van der Waals surface area (Å²) in [5, 5.41) is 0. The van der Waals surface area contributed by atoms with Gasteiger partial charge >= 0.3 is 0 Å². The number of anilines is 1. The van der Waals surface area contributed by atoms with Crippen molar-refractivity contribution in [2.45, 2.75) is 13.1 Å². The first-order valence-electron chi connectivity index (χ1n) is 6.48. The number of nitrogen functional groups attached to an aromatic ring is 1. The fourth-order valence-corrected chi connectivity index (χ4v) is 2.23. The molecule has 1 amide bonds. The first-order valence-corrected chi connectivity index (χ1v) is 7.28. The Morgan fingerprint density at radius 2 is 1.86 bits per heavy atom. The molecule has 0 radical (unpaired) electrons. The van der Waals surface area contributed by atoms with Crippen LogP contribution < -0.4 is 11.5 Å². The molecule has 1 aromatic carbocycles. The van der Waals surface area contributed by atoms with Gasteiger partial charge in [-0.3, -0.25) is 14.7 Å². The van der Waals surface area contributed by atoms with Crippen LogP contribution in [0, 0.1) is 0 Å². The van der Waals surface area contributed by atoms with Crippen molar-refractivity contribution in [3.63, 3.8) is 0 Å². The van der Waals surface area contributed by atoms with Crippen molar-refractivity contribution in [3.05, 3.63) is 58.3 Å². The third kappa shape index (κ3) is 5.17. The van der Waals surface area contributed by atoms with Gasteiger partial charge in [0.2, 0.25) is 5.91 Å². The fourth-order valence-electron chi connectivity index (χ4n) is 2.00. The summed E-state index contributed by atoms with van der Waals surface area (Å²) in [4.78, 5) is 17.5. The number of hydrogen-bond donors (Lipinski definition) is 2. The monoisotopic (exact) mass is 348 g/mol. The largest absolute Gasteiger partial charge is 0.399 e. The van der Waals surface area contributed by atoms with Crippen LogP contribution in [-0.2, 0) is 17.9 Å². The maximum atomic E-state index is 11.2. The van der Waals surface area contributed by atoms with E-state index in [0.29, 0.717) is 13.1 Å². The van der Waals surface area contributed by atoms with E-state index >= 15 is 0 Å². The number of benzene rings is 1. The molecule has 0 spiro atoms. The zero-order valence-corrected chi connectivity index (χ0v) is 13.1. The van der Waals surface area contributed by atoms with Gasteiger partial charge in [0, 0.05) is 29.4 Å². The third-order valence-corrected chi connectivity index (χ3v) is 3.41. The van der Waals surface area contributed by atoms with Crippen LogP contribution in [0.2, 0.25) is 0 Å². The second-order valence-corrected chi connectivity index (χ2v) is 5.74. The first kappa shape index (κ1) is 15.5. The minimum Gasteiger partial charge on any atom is -0.399 e. The van der Waals surface area contributed by atoms with Gasteiger partial charge in [-0.15, -0.1) is 0 Å². The molecule has 2 aromatic rings. The molecule has 0 aliphatic heterocycles. The molecular weight excluding hydrogens is 332 g/mol. The summed E-state index contributed by atoms with van der Waals surface area (Å²) in [6.07, 6.45) is 1.74. The van der Waals surface area contributed by atoms with Crippen LogP contribution in [-0.4, -0.2) is 22.3 Å². The molecule has 0 atom stereocenters. The predicted octanol–water partition coefficient (Wildman–Crippen LogP) is 1.91. The standard InChI is InChI=1S/C15H17BrN4O/c16-12-3-6-14(19-7-12)9-20(10-15(18)21)8-11-1-4-13(17)5-2-11/h1-7H,8-10,17H2,(H2,18,21). The van der Waals surface area contributed by atoms with Crippen LogP contribution in [0.3, 0.4) is 0 Å². The summed E-state index contributed by atoms with van der Waals surface area (Å²) in [5.74, 6) is -0.359. The number of rotatable bonds is 6. The van der Waals surface area contributed by atoms with Crippen molar-refractivity contribution in [3.8, 4) is 0 Å². The van der Waals surface area contributed by atoms with Gasteiger partial charge in [-0.1, -0.05) is 12.1 Å². The van der Waals surface area contributed by atoms with Crippen molar-refractivity contribution < 1.29 is 4.79 Å². The number of nitrogens with zero attached hydrogens (tertiary/aromatic N) is 2.